The summed E-state index contributed by atoms with van der Waals surface area (Å²) >= 11 is 0. The minimum atomic E-state index is 0.239. The zero-order chi connectivity index (χ0) is 24.9. The zero-order valence-electron chi connectivity index (χ0n) is 21.6. The van der Waals surface area contributed by atoms with Crippen molar-refractivity contribution in [3.05, 3.63) is 58.8 Å². The van der Waals surface area contributed by atoms with E-state index in [4.69, 9.17) is 19.4 Å². The number of hydrogen-bond donors (Lipinski definition) is 0. The standard InChI is InChI=1S/C29H33N5O2/c1-18-11-24-25(31-18)13-20(15-30-24)19-5-6-26-21(12-19)16-34(9-10-36-26)28-22-14-29(2,3)8-7-23(22)32-27(33-28)17-35-4/h5-6,12-13,15H,7-11,14,16-17H2,1-4H3. The first-order valence-corrected chi connectivity index (χ1v) is 12.8. The smallest absolute Gasteiger partial charge is 0.156 e. The molecule has 0 saturated carbocycles. The lowest BCUT2D eigenvalue weighted by atomic mass is 9.76. The molecular weight excluding hydrogens is 450 g/mol. The van der Waals surface area contributed by atoms with Gasteiger partial charge in [0.2, 0.25) is 0 Å². The third-order valence-electron chi connectivity index (χ3n) is 7.44. The molecule has 0 radical (unpaired) electrons. The number of benzene rings is 1. The summed E-state index contributed by atoms with van der Waals surface area (Å²) in [6, 6.07) is 8.59. The number of fused-ring (bicyclic) bond motifs is 3. The Morgan fingerprint density at radius 3 is 2.86 bits per heavy atom. The van der Waals surface area contributed by atoms with Crippen LogP contribution in [0.15, 0.2) is 35.5 Å². The molecule has 7 heteroatoms. The fourth-order valence-corrected chi connectivity index (χ4v) is 5.55. The molecule has 0 atom stereocenters. The van der Waals surface area contributed by atoms with Crippen LogP contribution in [0.25, 0.3) is 11.1 Å². The van der Waals surface area contributed by atoms with Gasteiger partial charge >= 0.3 is 0 Å². The number of aromatic nitrogens is 3. The maximum absolute atomic E-state index is 6.19. The van der Waals surface area contributed by atoms with Crippen LogP contribution in [0.2, 0.25) is 0 Å². The van der Waals surface area contributed by atoms with Gasteiger partial charge in [-0.1, -0.05) is 19.9 Å². The summed E-state index contributed by atoms with van der Waals surface area (Å²) in [5.74, 6) is 2.72. The van der Waals surface area contributed by atoms with Gasteiger partial charge in [0.15, 0.2) is 5.82 Å². The van der Waals surface area contributed by atoms with E-state index in [0.29, 0.717) is 13.2 Å². The molecule has 0 amide bonds. The first-order chi connectivity index (χ1) is 17.4. The molecular formula is C29H33N5O2. The van der Waals surface area contributed by atoms with Crippen molar-refractivity contribution in [3.63, 3.8) is 0 Å². The van der Waals surface area contributed by atoms with Gasteiger partial charge in [-0.2, -0.15) is 0 Å². The van der Waals surface area contributed by atoms with E-state index in [2.05, 4.69) is 59.9 Å². The van der Waals surface area contributed by atoms with Gasteiger partial charge in [0.05, 0.1) is 17.9 Å². The molecule has 3 aromatic rings. The van der Waals surface area contributed by atoms with Crippen molar-refractivity contribution in [2.24, 2.45) is 10.4 Å². The Kier molecular flexibility index (Phi) is 5.75. The van der Waals surface area contributed by atoms with Gasteiger partial charge < -0.3 is 14.4 Å². The number of aliphatic imine (C=N–C) groups is 1. The van der Waals surface area contributed by atoms with Gasteiger partial charge in [-0.05, 0) is 55.4 Å². The summed E-state index contributed by atoms with van der Waals surface area (Å²) in [4.78, 5) is 21.6. The SMILES string of the molecule is COCc1nc2c(c(N3CCOc4ccc(-c5cnc6c(c5)N=C(C)C6)cc4C3)n1)CC(C)(C)CC2. The predicted octanol–water partition coefficient (Wildman–Crippen LogP) is 5.25. The van der Waals surface area contributed by atoms with Gasteiger partial charge in [-0.3, -0.25) is 9.98 Å². The number of pyridine rings is 1. The van der Waals surface area contributed by atoms with Crippen LogP contribution in [-0.2, 0) is 37.2 Å². The highest BCUT2D eigenvalue weighted by atomic mass is 16.5. The summed E-state index contributed by atoms with van der Waals surface area (Å²) < 4.78 is 11.6. The highest BCUT2D eigenvalue weighted by Crippen LogP contribution is 2.39. The van der Waals surface area contributed by atoms with Gasteiger partial charge in [0, 0.05) is 54.4 Å². The van der Waals surface area contributed by atoms with Gasteiger partial charge in [0.25, 0.3) is 0 Å². The van der Waals surface area contributed by atoms with Crippen LogP contribution in [0.1, 0.15) is 55.5 Å². The van der Waals surface area contributed by atoms with E-state index in [1.807, 2.05) is 6.20 Å². The molecule has 186 valence electrons. The topological polar surface area (TPSA) is 72.7 Å². The number of ether oxygens (including phenoxy) is 2. The van der Waals surface area contributed by atoms with Crippen LogP contribution in [-0.4, -0.2) is 40.9 Å². The van der Waals surface area contributed by atoms with E-state index in [1.165, 1.54) is 11.3 Å². The highest BCUT2D eigenvalue weighted by Gasteiger charge is 2.31. The first kappa shape index (κ1) is 23.1. The van der Waals surface area contributed by atoms with E-state index >= 15 is 0 Å². The molecule has 0 bridgehead atoms. The van der Waals surface area contributed by atoms with Crippen LogP contribution in [0.4, 0.5) is 11.5 Å². The Balaban J connectivity index is 1.37. The van der Waals surface area contributed by atoms with Crippen LogP contribution in [0.5, 0.6) is 5.75 Å². The van der Waals surface area contributed by atoms with Crippen molar-refractivity contribution in [3.8, 4) is 16.9 Å². The van der Waals surface area contributed by atoms with E-state index < -0.39 is 0 Å². The lowest BCUT2D eigenvalue weighted by molar-refractivity contribution is 0.177. The lowest BCUT2D eigenvalue weighted by Crippen LogP contribution is -2.32. The Morgan fingerprint density at radius 2 is 2.00 bits per heavy atom. The number of hydrogen-bond acceptors (Lipinski definition) is 7. The summed E-state index contributed by atoms with van der Waals surface area (Å²) in [5.41, 5.74) is 9.21. The van der Waals surface area contributed by atoms with Crippen molar-refractivity contribution >= 4 is 17.2 Å². The van der Waals surface area contributed by atoms with Crippen molar-refractivity contribution in [1.29, 1.82) is 0 Å². The number of rotatable bonds is 4. The van der Waals surface area contributed by atoms with E-state index in [1.54, 1.807) is 7.11 Å². The largest absolute Gasteiger partial charge is 0.491 e. The van der Waals surface area contributed by atoms with Crippen molar-refractivity contribution in [1.82, 2.24) is 15.0 Å². The van der Waals surface area contributed by atoms with E-state index in [-0.39, 0.29) is 5.41 Å². The summed E-state index contributed by atoms with van der Waals surface area (Å²) in [5, 5.41) is 0. The van der Waals surface area contributed by atoms with Crippen LogP contribution in [0, 0.1) is 5.41 Å². The molecule has 0 unspecified atom stereocenters. The van der Waals surface area contributed by atoms with Crippen molar-refractivity contribution in [2.75, 3.05) is 25.2 Å². The molecule has 0 spiro atoms. The average Bonchev–Trinajstić information content (AvgIpc) is 3.09. The Labute approximate surface area is 212 Å². The monoisotopic (exact) mass is 483 g/mol. The molecule has 7 nitrogen and oxygen atoms in total. The van der Waals surface area contributed by atoms with Crippen molar-refractivity contribution < 1.29 is 9.47 Å². The fourth-order valence-electron chi connectivity index (χ4n) is 5.55. The molecule has 4 heterocycles. The molecule has 0 fully saturated rings. The van der Waals surface area contributed by atoms with Gasteiger partial charge in [-0.25, -0.2) is 9.97 Å². The van der Waals surface area contributed by atoms with Gasteiger partial charge in [-0.15, -0.1) is 0 Å². The molecule has 0 saturated heterocycles. The molecule has 3 aliphatic rings. The Morgan fingerprint density at radius 1 is 1.11 bits per heavy atom. The molecule has 36 heavy (non-hydrogen) atoms. The Hall–Kier alpha value is -3.32. The lowest BCUT2D eigenvalue weighted by Gasteiger charge is -2.34. The van der Waals surface area contributed by atoms with Crippen molar-refractivity contribution in [2.45, 2.75) is 59.6 Å². The van der Waals surface area contributed by atoms with Crippen LogP contribution < -0.4 is 9.64 Å². The number of nitrogens with zero attached hydrogens (tertiary/aromatic N) is 5. The molecule has 6 rings (SSSR count). The maximum Gasteiger partial charge on any atom is 0.156 e. The second-order valence-electron chi connectivity index (χ2n) is 11.0. The van der Waals surface area contributed by atoms with E-state index in [9.17, 15) is 0 Å². The summed E-state index contributed by atoms with van der Waals surface area (Å²) in [6.07, 6.45) is 5.90. The summed E-state index contributed by atoms with van der Waals surface area (Å²) in [6.45, 7) is 9.27. The first-order valence-electron chi connectivity index (χ1n) is 12.8. The molecule has 1 aromatic carbocycles. The molecule has 1 aliphatic carbocycles. The normalized spacial score (nSPS) is 18.0. The molecule has 0 N–H and O–H groups in total. The van der Waals surface area contributed by atoms with E-state index in [0.717, 1.165) is 89.9 Å². The summed E-state index contributed by atoms with van der Waals surface area (Å²) in [7, 11) is 1.70. The van der Waals surface area contributed by atoms with Crippen LogP contribution >= 0.6 is 0 Å². The van der Waals surface area contributed by atoms with Crippen LogP contribution in [0.3, 0.4) is 0 Å². The number of aryl methyl sites for hydroxylation is 1. The fraction of sp³-hybridized carbons (Fsp3) is 0.448. The maximum atomic E-state index is 6.19. The second-order valence-corrected chi connectivity index (χ2v) is 11.0. The highest BCUT2D eigenvalue weighted by molar-refractivity contribution is 5.92. The second kappa shape index (κ2) is 8.96. The third kappa shape index (κ3) is 4.37. The Bertz CT molecular complexity index is 1360. The minimum Gasteiger partial charge on any atom is -0.491 e. The molecule has 2 aromatic heterocycles. The average molecular weight is 484 g/mol. The quantitative estimate of drug-likeness (QED) is 0.505. The number of methoxy groups -OCH3 is 1. The molecule has 2 aliphatic heterocycles. The predicted molar refractivity (Wildman–Crippen MR) is 141 cm³/mol. The van der Waals surface area contributed by atoms with Gasteiger partial charge in [0.1, 0.15) is 24.8 Å². The number of anilines is 1. The zero-order valence-corrected chi connectivity index (χ0v) is 21.6. The third-order valence-corrected chi connectivity index (χ3v) is 7.44. The minimum absolute atomic E-state index is 0.239.